The van der Waals surface area contributed by atoms with Crippen molar-refractivity contribution in [2.75, 3.05) is 6.61 Å². The zero-order valence-electron chi connectivity index (χ0n) is 8.55. The SMILES string of the molecule is Cc1cc(CC(N)CO)cc(C)c1Br. The van der Waals surface area contributed by atoms with E-state index in [9.17, 15) is 0 Å². The molecule has 0 saturated carbocycles. The molecular formula is C11H16BrNO. The number of aliphatic hydroxyl groups is 1. The second kappa shape index (κ2) is 4.91. The molecule has 14 heavy (non-hydrogen) atoms. The predicted molar refractivity (Wildman–Crippen MR) is 62.4 cm³/mol. The number of nitrogens with two attached hydrogens (primary N) is 1. The summed E-state index contributed by atoms with van der Waals surface area (Å²) in [4.78, 5) is 0. The number of halogens is 1. The third kappa shape index (κ3) is 2.80. The van der Waals surface area contributed by atoms with Gasteiger partial charge >= 0.3 is 0 Å². The monoisotopic (exact) mass is 257 g/mol. The molecule has 3 N–H and O–H groups in total. The van der Waals surface area contributed by atoms with Crippen molar-refractivity contribution in [3.8, 4) is 0 Å². The van der Waals surface area contributed by atoms with E-state index in [-0.39, 0.29) is 12.6 Å². The molecule has 0 saturated heterocycles. The summed E-state index contributed by atoms with van der Waals surface area (Å²) >= 11 is 3.52. The lowest BCUT2D eigenvalue weighted by molar-refractivity contribution is 0.265. The molecule has 0 aliphatic heterocycles. The van der Waals surface area contributed by atoms with Gasteiger partial charge in [-0.15, -0.1) is 0 Å². The van der Waals surface area contributed by atoms with Gasteiger partial charge in [-0.25, -0.2) is 0 Å². The standard InChI is InChI=1S/C11H16BrNO/c1-7-3-9(5-10(13)6-14)4-8(2)11(7)12/h3-4,10,14H,5-6,13H2,1-2H3. The fraction of sp³-hybridized carbons (Fsp3) is 0.455. The maximum atomic E-state index is 8.86. The summed E-state index contributed by atoms with van der Waals surface area (Å²) in [5.41, 5.74) is 9.29. The number of benzene rings is 1. The van der Waals surface area contributed by atoms with Gasteiger partial charge in [-0.2, -0.15) is 0 Å². The first-order chi connectivity index (χ1) is 6.54. The minimum absolute atomic E-state index is 0.0359. The predicted octanol–water partition coefficient (Wildman–Crippen LogP) is 1.93. The van der Waals surface area contributed by atoms with Crippen molar-refractivity contribution in [2.45, 2.75) is 26.3 Å². The molecule has 0 aromatic heterocycles. The van der Waals surface area contributed by atoms with Gasteiger partial charge in [0.15, 0.2) is 0 Å². The highest BCUT2D eigenvalue weighted by atomic mass is 79.9. The molecule has 0 aliphatic rings. The molecular weight excluding hydrogens is 242 g/mol. The highest BCUT2D eigenvalue weighted by Gasteiger charge is 2.06. The van der Waals surface area contributed by atoms with E-state index in [2.05, 4.69) is 41.9 Å². The summed E-state index contributed by atoms with van der Waals surface area (Å²) in [6.45, 7) is 4.16. The van der Waals surface area contributed by atoms with Crippen LogP contribution in [0.1, 0.15) is 16.7 Å². The Hall–Kier alpha value is -0.380. The van der Waals surface area contributed by atoms with Crippen LogP contribution in [-0.2, 0) is 6.42 Å². The van der Waals surface area contributed by atoms with E-state index in [1.807, 2.05) is 0 Å². The highest BCUT2D eigenvalue weighted by Crippen LogP contribution is 2.22. The third-order valence-corrected chi connectivity index (χ3v) is 3.48. The smallest absolute Gasteiger partial charge is 0.0585 e. The molecule has 0 heterocycles. The summed E-state index contributed by atoms with van der Waals surface area (Å²) in [7, 11) is 0. The Morgan fingerprint density at radius 1 is 1.36 bits per heavy atom. The van der Waals surface area contributed by atoms with Gasteiger partial charge < -0.3 is 10.8 Å². The third-order valence-electron chi connectivity index (χ3n) is 2.23. The van der Waals surface area contributed by atoms with Gasteiger partial charge in [-0.3, -0.25) is 0 Å². The van der Waals surface area contributed by atoms with Crippen molar-refractivity contribution in [3.05, 3.63) is 33.3 Å². The molecule has 78 valence electrons. The average molecular weight is 258 g/mol. The van der Waals surface area contributed by atoms with Crippen LogP contribution in [0.2, 0.25) is 0 Å². The molecule has 1 aromatic carbocycles. The first-order valence-corrected chi connectivity index (χ1v) is 5.46. The van der Waals surface area contributed by atoms with Gasteiger partial charge in [-0.05, 0) is 37.0 Å². The highest BCUT2D eigenvalue weighted by molar-refractivity contribution is 9.10. The second-order valence-corrected chi connectivity index (χ2v) is 4.48. The first kappa shape index (κ1) is 11.7. The van der Waals surface area contributed by atoms with Crippen LogP contribution < -0.4 is 5.73 Å². The Morgan fingerprint density at radius 3 is 2.29 bits per heavy atom. The molecule has 0 radical (unpaired) electrons. The average Bonchev–Trinajstić information content (AvgIpc) is 2.14. The summed E-state index contributed by atoms with van der Waals surface area (Å²) < 4.78 is 1.15. The molecule has 0 fully saturated rings. The Labute approximate surface area is 93.3 Å². The molecule has 0 spiro atoms. The number of aryl methyl sites for hydroxylation is 2. The number of hydrogen-bond donors (Lipinski definition) is 2. The fourth-order valence-corrected chi connectivity index (χ4v) is 1.75. The van der Waals surface area contributed by atoms with E-state index in [1.165, 1.54) is 16.7 Å². The lowest BCUT2D eigenvalue weighted by Crippen LogP contribution is -2.26. The summed E-state index contributed by atoms with van der Waals surface area (Å²) in [5.74, 6) is 0. The minimum atomic E-state index is -0.157. The van der Waals surface area contributed by atoms with E-state index in [1.54, 1.807) is 0 Å². The van der Waals surface area contributed by atoms with Crippen molar-refractivity contribution in [3.63, 3.8) is 0 Å². The summed E-state index contributed by atoms with van der Waals surface area (Å²) in [6, 6.07) is 4.05. The van der Waals surface area contributed by atoms with E-state index < -0.39 is 0 Å². The minimum Gasteiger partial charge on any atom is -0.395 e. The van der Waals surface area contributed by atoms with Gasteiger partial charge in [0.1, 0.15) is 0 Å². The lowest BCUT2D eigenvalue weighted by Gasteiger charge is -2.11. The van der Waals surface area contributed by atoms with Crippen molar-refractivity contribution < 1.29 is 5.11 Å². The zero-order chi connectivity index (χ0) is 10.7. The topological polar surface area (TPSA) is 46.2 Å². The van der Waals surface area contributed by atoms with Crippen molar-refractivity contribution in [1.29, 1.82) is 0 Å². The van der Waals surface area contributed by atoms with Crippen LogP contribution in [0.3, 0.4) is 0 Å². The van der Waals surface area contributed by atoms with E-state index >= 15 is 0 Å². The molecule has 1 unspecified atom stereocenters. The van der Waals surface area contributed by atoms with Gasteiger partial charge in [0.25, 0.3) is 0 Å². The molecule has 0 amide bonds. The van der Waals surface area contributed by atoms with Crippen LogP contribution in [0, 0.1) is 13.8 Å². The molecule has 1 rings (SSSR count). The lowest BCUT2D eigenvalue weighted by atomic mass is 10.0. The van der Waals surface area contributed by atoms with Crippen LogP contribution in [-0.4, -0.2) is 17.8 Å². The number of hydrogen-bond acceptors (Lipinski definition) is 2. The Kier molecular flexibility index (Phi) is 4.11. The van der Waals surface area contributed by atoms with Crippen LogP contribution in [0.25, 0.3) is 0 Å². The van der Waals surface area contributed by atoms with Crippen LogP contribution in [0.5, 0.6) is 0 Å². The van der Waals surface area contributed by atoms with E-state index in [0.29, 0.717) is 0 Å². The maximum absolute atomic E-state index is 8.86. The van der Waals surface area contributed by atoms with Crippen molar-refractivity contribution in [1.82, 2.24) is 0 Å². The van der Waals surface area contributed by atoms with Crippen molar-refractivity contribution >= 4 is 15.9 Å². The Morgan fingerprint density at radius 2 is 1.86 bits per heavy atom. The van der Waals surface area contributed by atoms with E-state index in [0.717, 1.165) is 10.9 Å². The van der Waals surface area contributed by atoms with Gasteiger partial charge in [-0.1, -0.05) is 28.1 Å². The quantitative estimate of drug-likeness (QED) is 0.870. The first-order valence-electron chi connectivity index (χ1n) is 4.66. The van der Waals surface area contributed by atoms with E-state index in [4.69, 9.17) is 10.8 Å². The molecule has 0 bridgehead atoms. The molecule has 2 nitrogen and oxygen atoms in total. The number of aliphatic hydroxyl groups excluding tert-OH is 1. The van der Waals surface area contributed by atoms with Crippen LogP contribution >= 0.6 is 15.9 Å². The van der Waals surface area contributed by atoms with Crippen molar-refractivity contribution in [2.24, 2.45) is 5.73 Å². The van der Waals surface area contributed by atoms with Crippen LogP contribution in [0.15, 0.2) is 16.6 Å². The normalized spacial score (nSPS) is 12.9. The Balaban J connectivity index is 2.89. The summed E-state index contributed by atoms with van der Waals surface area (Å²) in [6.07, 6.45) is 0.728. The molecule has 1 atom stereocenters. The number of rotatable bonds is 3. The van der Waals surface area contributed by atoms with Gasteiger partial charge in [0.2, 0.25) is 0 Å². The fourth-order valence-electron chi connectivity index (χ4n) is 1.52. The van der Waals surface area contributed by atoms with Gasteiger partial charge in [0.05, 0.1) is 6.61 Å². The van der Waals surface area contributed by atoms with Crippen LogP contribution in [0.4, 0.5) is 0 Å². The Bertz CT molecular complexity index is 302. The molecule has 3 heteroatoms. The molecule has 1 aromatic rings. The second-order valence-electron chi connectivity index (χ2n) is 3.69. The summed E-state index contributed by atoms with van der Waals surface area (Å²) in [5, 5.41) is 8.86. The zero-order valence-corrected chi connectivity index (χ0v) is 10.1. The van der Waals surface area contributed by atoms with Gasteiger partial charge in [0, 0.05) is 10.5 Å². The largest absolute Gasteiger partial charge is 0.395 e. The maximum Gasteiger partial charge on any atom is 0.0585 e. The molecule has 0 aliphatic carbocycles.